The van der Waals surface area contributed by atoms with E-state index >= 15 is 0 Å². The van der Waals surface area contributed by atoms with Crippen LogP contribution in [0.25, 0.3) is 17.5 Å². The SMILES string of the molecule is N#Cc1cnn(-c2nccc(-c3nc(C4CCCN4C#N)no3)n2)c1. The maximum Gasteiger partial charge on any atom is 0.276 e. The second kappa shape index (κ2) is 6.02. The lowest BCUT2D eigenvalue weighted by atomic mass is 10.2. The highest BCUT2D eigenvalue weighted by Crippen LogP contribution is 2.30. The molecule has 10 nitrogen and oxygen atoms in total. The van der Waals surface area contributed by atoms with E-state index in [0.717, 1.165) is 12.8 Å². The zero-order valence-corrected chi connectivity index (χ0v) is 12.9. The number of hydrogen-bond acceptors (Lipinski definition) is 9. The van der Waals surface area contributed by atoms with Crippen LogP contribution in [0, 0.1) is 22.8 Å². The quantitative estimate of drug-likeness (QED) is 0.648. The number of likely N-dealkylation sites (tertiary alicyclic amines) is 1. The van der Waals surface area contributed by atoms with Crippen LogP contribution in [0.1, 0.15) is 30.3 Å². The van der Waals surface area contributed by atoms with Crippen LogP contribution in [-0.4, -0.2) is 41.3 Å². The van der Waals surface area contributed by atoms with Crippen LogP contribution in [0.15, 0.2) is 29.2 Å². The first-order valence-electron chi connectivity index (χ1n) is 7.57. The average Bonchev–Trinajstić information content (AvgIpc) is 3.41. The van der Waals surface area contributed by atoms with E-state index in [4.69, 9.17) is 15.0 Å². The molecule has 10 heteroatoms. The van der Waals surface area contributed by atoms with Crippen molar-refractivity contribution in [3.63, 3.8) is 0 Å². The fraction of sp³-hybridized carbons (Fsp3) is 0.267. The molecule has 1 atom stereocenters. The largest absolute Gasteiger partial charge is 0.332 e. The van der Waals surface area contributed by atoms with Gasteiger partial charge in [0.2, 0.25) is 0 Å². The molecule has 0 saturated carbocycles. The fourth-order valence-corrected chi connectivity index (χ4v) is 2.70. The highest BCUT2D eigenvalue weighted by Gasteiger charge is 2.29. The summed E-state index contributed by atoms with van der Waals surface area (Å²) in [5.41, 5.74) is 0.853. The van der Waals surface area contributed by atoms with Crippen molar-refractivity contribution in [3.05, 3.63) is 36.0 Å². The van der Waals surface area contributed by atoms with Gasteiger partial charge in [-0.3, -0.25) is 4.90 Å². The van der Waals surface area contributed by atoms with Gasteiger partial charge in [-0.05, 0) is 18.9 Å². The van der Waals surface area contributed by atoms with Crippen molar-refractivity contribution in [2.45, 2.75) is 18.9 Å². The van der Waals surface area contributed by atoms with Crippen LogP contribution in [0.2, 0.25) is 0 Å². The summed E-state index contributed by atoms with van der Waals surface area (Å²) in [6.45, 7) is 0.698. The smallest absolute Gasteiger partial charge is 0.276 e. The van der Waals surface area contributed by atoms with Gasteiger partial charge >= 0.3 is 0 Å². The van der Waals surface area contributed by atoms with Crippen LogP contribution in [0.5, 0.6) is 0 Å². The number of aromatic nitrogens is 6. The minimum Gasteiger partial charge on any atom is -0.332 e. The molecule has 0 bridgehead atoms. The first-order chi connectivity index (χ1) is 12.3. The van der Waals surface area contributed by atoms with Crippen LogP contribution < -0.4 is 0 Å². The van der Waals surface area contributed by atoms with Gasteiger partial charge in [-0.2, -0.15) is 20.6 Å². The Bertz CT molecular complexity index is 993. The average molecular weight is 333 g/mol. The van der Waals surface area contributed by atoms with Gasteiger partial charge in [0.1, 0.15) is 17.8 Å². The Morgan fingerprint density at radius 3 is 3.00 bits per heavy atom. The Labute approximate surface area is 142 Å². The monoisotopic (exact) mass is 333 g/mol. The van der Waals surface area contributed by atoms with Crippen molar-refractivity contribution in [1.82, 2.24) is 34.8 Å². The minimum atomic E-state index is -0.159. The molecule has 3 aromatic rings. The van der Waals surface area contributed by atoms with E-state index < -0.39 is 0 Å². The second-order valence-corrected chi connectivity index (χ2v) is 5.44. The molecule has 0 radical (unpaired) electrons. The van der Waals surface area contributed by atoms with Gasteiger partial charge < -0.3 is 4.52 Å². The van der Waals surface area contributed by atoms with E-state index in [1.807, 2.05) is 6.07 Å². The Kier molecular flexibility index (Phi) is 3.56. The summed E-state index contributed by atoms with van der Waals surface area (Å²) in [6.07, 6.45) is 8.38. The first-order valence-corrected chi connectivity index (χ1v) is 7.57. The van der Waals surface area contributed by atoms with E-state index in [1.165, 1.54) is 17.1 Å². The predicted molar refractivity (Wildman–Crippen MR) is 81.5 cm³/mol. The molecule has 4 heterocycles. The van der Waals surface area contributed by atoms with Crippen LogP contribution in [0.4, 0.5) is 0 Å². The zero-order valence-electron chi connectivity index (χ0n) is 12.9. The Hall–Kier alpha value is -3.79. The van der Waals surface area contributed by atoms with E-state index in [-0.39, 0.29) is 11.9 Å². The maximum absolute atomic E-state index is 9.14. The number of nitrogens with zero attached hydrogens (tertiary/aromatic N) is 9. The van der Waals surface area contributed by atoms with Crippen molar-refractivity contribution >= 4 is 0 Å². The summed E-state index contributed by atoms with van der Waals surface area (Å²) in [7, 11) is 0. The summed E-state index contributed by atoms with van der Waals surface area (Å²) in [4.78, 5) is 14.5. The van der Waals surface area contributed by atoms with Crippen LogP contribution in [0.3, 0.4) is 0 Å². The molecule has 4 rings (SSSR count). The van der Waals surface area contributed by atoms with Crippen LogP contribution in [-0.2, 0) is 0 Å². The predicted octanol–water partition coefficient (Wildman–Crippen LogP) is 1.20. The third-order valence-corrected chi connectivity index (χ3v) is 3.90. The van der Waals surface area contributed by atoms with E-state index in [2.05, 4.69) is 31.4 Å². The molecule has 1 aliphatic heterocycles. The molecule has 25 heavy (non-hydrogen) atoms. The van der Waals surface area contributed by atoms with Crippen LogP contribution >= 0.6 is 0 Å². The number of rotatable bonds is 3. The number of nitriles is 2. The molecule has 1 aliphatic rings. The molecular formula is C15H11N9O. The van der Waals surface area contributed by atoms with Gasteiger partial charge in [0.05, 0.1) is 18.0 Å². The third kappa shape index (κ3) is 2.66. The molecule has 0 aromatic carbocycles. The van der Waals surface area contributed by atoms with Gasteiger partial charge in [0.25, 0.3) is 11.8 Å². The van der Waals surface area contributed by atoms with E-state index in [1.54, 1.807) is 17.2 Å². The Morgan fingerprint density at radius 1 is 1.28 bits per heavy atom. The molecule has 1 fully saturated rings. The molecule has 1 saturated heterocycles. The highest BCUT2D eigenvalue weighted by atomic mass is 16.5. The molecule has 0 amide bonds. The molecule has 122 valence electrons. The molecule has 1 unspecified atom stereocenters. The zero-order chi connectivity index (χ0) is 17.2. The van der Waals surface area contributed by atoms with Crippen molar-refractivity contribution in [1.29, 1.82) is 10.5 Å². The number of hydrogen-bond donors (Lipinski definition) is 0. The second-order valence-electron chi connectivity index (χ2n) is 5.44. The van der Waals surface area contributed by atoms with E-state index in [0.29, 0.717) is 29.6 Å². The Morgan fingerprint density at radius 2 is 2.20 bits per heavy atom. The van der Waals surface area contributed by atoms with Gasteiger partial charge in [0, 0.05) is 12.7 Å². The minimum absolute atomic E-state index is 0.159. The summed E-state index contributed by atoms with van der Waals surface area (Å²) < 4.78 is 6.70. The summed E-state index contributed by atoms with van der Waals surface area (Å²) >= 11 is 0. The van der Waals surface area contributed by atoms with Crippen molar-refractivity contribution in [3.8, 4) is 29.8 Å². The van der Waals surface area contributed by atoms with Crippen molar-refractivity contribution in [2.24, 2.45) is 0 Å². The lowest BCUT2D eigenvalue weighted by Crippen LogP contribution is -2.17. The van der Waals surface area contributed by atoms with Gasteiger partial charge in [0.15, 0.2) is 12.0 Å². The first kappa shape index (κ1) is 14.8. The van der Waals surface area contributed by atoms with Gasteiger partial charge in [-0.15, -0.1) is 0 Å². The molecular weight excluding hydrogens is 322 g/mol. The third-order valence-electron chi connectivity index (χ3n) is 3.90. The lowest BCUT2D eigenvalue weighted by Gasteiger charge is -2.13. The molecule has 0 aliphatic carbocycles. The van der Waals surface area contributed by atoms with Gasteiger partial charge in [-0.25, -0.2) is 14.6 Å². The normalized spacial score (nSPS) is 16.6. The summed E-state index contributed by atoms with van der Waals surface area (Å²) in [5, 5.41) is 26.0. The van der Waals surface area contributed by atoms with Crippen molar-refractivity contribution < 1.29 is 4.52 Å². The molecule has 3 aromatic heterocycles. The molecule has 0 N–H and O–H groups in total. The standard InChI is InChI=1S/C15H11N9O/c16-6-10-7-19-24(8-10)15-18-4-3-11(20-15)14-21-13(22-25-14)12-2-1-5-23(12)9-17/h3-4,7-8,12H,1-2,5H2. The van der Waals surface area contributed by atoms with Crippen molar-refractivity contribution in [2.75, 3.05) is 6.54 Å². The Balaban J connectivity index is 1.64. The highest BCUT2D eigenvalue weighted by molar-refractivity contribution is 5.46. The molecule has 0 spiro atoms. The fourth-order valence-electron chi connectivity index (χ4n) is 2.70. The summed E-state index contributed by atoms with van der Waals surface area (Å²) in [6, 6.07) is 3.48. The van der Waals surface area contributed by atoms with Gasteiger partial charge in [-0.1, -0.05) is 5.16 Å². The topological polar surface area (TPSA) is 133 Å². The summed E-state index contributed by atoms with van der Waals surface area (Å²) in [5.74, 6) is 1.01. The lowest BCUT2D eigenvalue weighted by molar-refractivity contribution is 0.339. The van der Waals surface area contributed by atoms with E-state index in [9.17, 15) is 0 Å². The maximum atomic E-state index is 9.14.